The number of esters is 2. The lowest BCUT2D eigenvalue weighted by Crippen LogP contribution is -2.66. The quantitative estimate of drug-likeness (QED) is 0.634. The number of benzene rings is 1. The maximum Gasteiger partial charge on any atom is 0.419 e. The molecule has 3 aliphatic heterocycles. The predicted molar refractivity (Wildman–Crippen MR) is 89.5 cm³/mol. The standard InChI is InChI=1S/C17H17Cl2NO5/c18-12-2-1-11(8-13(12)19)23-6-4-9-7-10-3-5-17(20-10)14(9)24-15(21)16(22)25-17/h1-2,8-10,14,20H,3-7H2. The first-order chi connectivity index (χ1) is 12.0. The van der Waals surface area contributed by atoms with Crippen LogP contribution < -0.4 is 10.1 Å². The van der Waals surface area contributed by atoms with E-state index in [0.717, 1.165) is 12.8 Å². The zero-order valence-corrected chi connectivity index (χ0v) is 14.8. The molecule has 0 aromatic heterocycles. The second kappa shape index (κ2) is 6.34. The smallest absolute Gasteiger partial charge is 0.419 e. The molecule has 1 spiro atoms. The van der Waals surface area contributed by atoms with Gasteiger partial charge in [0.2, 0.25) is 5.72 Å². The summed E-state index contributed by atoms with van der Waals surface area (Å²) >= 11 is 11.9. The minimum absolute atomic E-state index is 0.0635. The summed E-state index contributed by atoms with van der Waals surface area (Å²) in [5.41, 5.74) is -0.873. The highest BCUT2D eigenvalue weighted by Gasteiger charge is 2.60. The van der Waals surface area contributed by atoms with Gasteiger partial charge in [-0.15, -0.1) is 0 Å². The fraction of sp³-hybridized carbons (Fsp3) is 0.529. The Kier molecular flexibility index (Phi) is 4.30. The SMILES string of the molecule is O=C1OC2C(CCOc3ccc(Cl)c(Cl)c3)CC3CCC2(N3)OC1=O. The highest BCUT2D eigenvalue weighted by atomic mass is 35.5. The highest BCUT2D eigenvalue weighted by molar-refractivity contribution is 6.42. The maximum atomic E-state index is 11.6. The Bertz CT molecular complexity index is 727. The average Bonchev–Trinajstić information content (AvgIpc) is 2.91. The summed E-state index contributed by atoms with van der Waals surface area (Å²) in [6, 6.07) is 5.36. The van der Waals surface area contributed by atoms with Crippen molar-refractivity contribution in [2.75, 3.05) is 6.61 Å². The first-order valence-electron chi connectivity index (χ1n) is 8.26. The number of nitrogens with one attached hydrogen (secondary N) is 1. The van der Waals surface area contributed by atoms with Crippen LogP contribution in [0.4, 0.5) is 0 Å². The van der Waals surface area contributed by atoms with Crippen LogP contribution in [0.5, 0.6) is 5.75 Å². The summed E-state index contributed by atoms with van der Waals surface area (Å²) in [5, 5.41) is 4.23. The van der Waals surface area contributed by atoms with Gasteiger partial charge in [0.1, 0.15) is 5.75 Å². The van der Waals surface area contributed by atoms with Crippen LogP contribution >= 0.6 is 23.2 Å². The second-order valence-corrected chi connectivity index (χ2v) is 7.51. The van der Waals surface area contributed by atoms with Gasteiger partial charge in [0.25, 0.3) is 0 Å². The molecule has 3 heterocycles. The van der Waals surface area contributed by atoms with Crippen molar-refractivity contribution in [3.8, 4) is 5.75 Å². The fourth-order valence-electron chi connectivity index (χ4n) is 4.01. The first kappa shape index (κ1) is 16.9. The van der Waals surface area contributed by atoms with Gasteiger partial charge in [0.05, 0.1) is 16.7 Å². The molecule has 0 amide bonds. The molecule has 1 aromatic rings. The molecule has 25 heavy (non-hydrogen) atoms. The fourth-order valence-corrected chi connectivity index (χ4v) is 4.30. The Morgan fingerprint density at radius 1 is 1.24 bits per heavy atom. The van der Waals surface area contributed by atoms with Crippen LogP contribution in [0.1, 0.15) is 25.7 Å². The van der Waals surface area contributed by atoms with E-state index in [-0.39, 0.29) is 12.0 Å². The van der Waals surface area contributed by atoms with E-state index >= 15 is 0 Å². The lowest BCUT2D eigenvalue weighted by atomic mass is 9.84. The molecule has 1 aromatic carbocycles. The summed E-state index contributed by atoms with van der Waals surface area (Å²) in [4.78, 5) is 23.3. The molecule has 6 nitrogen and oxygen atoms in total. The van der Waals surface area contributed by atoms with Crippen LogP contribution in [0, 0.1) is 5.92 Å². The Morgan fingerprint density at radius 3 is 2.88 bits per heavy atom. The first-order valence-corrected chi connectivity index (χ1v) is 9.02. The van der Waals surface area contributed by atoms with Crippen LogP contribution in [0.15, 0.2) is 18.2 Å². The van der Waals surface area contributed by atoms with Gasteiger partial charge in [-0.1, -0.05) is 23.2 Å². The van der Waals surface area contributed by atoms with Crippen molar-refractivity contribution >= 4 is 35.1 Å². The van der Waals surface area contributed by atoms with Gasteiger partial charge in [-0.25, -0.2) is 9.59 Å². The van der Waals surface area contributed by atoms with Gasteiger partial charge < -0.3 is 14.2 Å². The monoisotopic (exact) mass is 385 g/mol. The van der Waals surface area contributed by atoms with Gasteiger partial charge in [0.15, 0.2) is 6.10 Å². The molecule has 0 saturated carbocycles. The number of piperidine rings is 1. The number of halogens is 2. The number of hydrogen-bond donors (Lipinski definition) is 1. The van der Waals surface area contributed by atoms with Crippen LogP contribution in [0.3, 0.4) is 0 Å². The average molecular weight is 386 g/mol. The van der Waals surface area contributed by atoms with Gasteiger partial charge in [-0.3, -0.25) is 5.32 Å². The van der Waals surface area contributed by atoms with Crippen molar-refractivity contribution in [3.05, 3.63) is 28.2 Å². The van der Waals surface area contributed by atoms with Crippen molar-refractivity contribution in [1.82, 2.24) is 5.32 Å². The topological polar surface area (TPSA) is 73.9 Å². The number of carbonyl (C=O) groups excluding carboxylic acids is 2. The lowest BCUT2D eigenvalue weighted by molar-refractivity contribution is -0.230. The van der Waals surface area contributed by atoms with E-state index in [1.54, 1.807) is 18.2 Å². The molecule has 4 atom stereocenters. The van der Waals surface area contributed by atoms with Crippen molar-refractivity contribution in [2.45, 2.75) is 43.6 Å². The molecule has 3 fully saturated rings. The molecule has 4 rings (SSSR count). The molecule has 1 N–H and O–H groups in total. The van der Waals surface area contributed by atoms with Crippen molar-refractivity contribution in [3.63, 3.8) is 0 Å². The molecule has 3 aliphatic rings. The minimum Gasteiger partial charge on any atom is -0.494 e. The van der Waals surface area contributed by atoms with Crippen molar-refractivity contribution < 1.29 is 23.8 Å². The minimum atomic E-state index is -0.919. The van der Waals surface area contributed by atoms with E-state index in [1.807, 2.05) is 0 Å². The third kappa shape index (κ3) is 3.07. The summed E-state index contributed by atoms with van der Waals surface area (Å²) in [6.45, 7) is 0.438. The molecule has 2 bridgehead atoms. The lowest BCUT2D eigenvalue weighted by Gasteiger charge is -2.46. The largest absolute Gasteiger partial charge is 0.494 e. The molecule has 4 unspecified atom stereocenters. The Morgan fingerprint density at radius 2 is 2.08 bits per heavy atom. The number of ether oxygens (including phenoxy) is 3. The number of carbonyl (C=O) groups is 2. The van der Waals surface area contributed by atoms with E-state index in [1.165, 1.54) is 0 Å². The third-order valence-corrected chi connectivity index (χ3v) is 5.85. The van der Waals surface area contributed by atoms with Crippen LogP contribution in [0.2, 0.25) is 10.0 Å². The molecule has 134 valence electrons. The summed E-state index contributed by atoms with van der Waals surface area (Å²) in [5.74, 6) is -1.14. The van der Waals surface area contributed by atoms with Crippen molar-refractivity contribution in [2.24, 2.45) is 5.92 Å². The Balaban J connectivity index is 1.42. The Hall–Kier alpha value is -1.50. The van der Waals surface area contributed by atoms with E-state index in [4.69, 9.17) is 37.4 Å². The highest BCUT2D eigenvalue weighted by Crippen LogP contribution is 2.44. The van der Waals surface area contributed by atoms with Crippen molar-refractivity contribution in [1.29, 1.82) is 0 Å². The van der Waals surface area contributed by atoms with Crippen LogP contribution in [0.25, 0.3) is 0 Å². The molecule has 0 radical (unpaired) electrons. The Labute approximate surface area is 154 Å². The van der Waals surface area contributed by atoms with E-state index in [2.05, 4.69) is 5.32 Å². The van der Waals surface area contributed by atoms with Gasteiger partial charge in [0, 0.05) is 24.4 Å². The van der Waals surface area contributed by atoms with E-state index in [9.17, 15) is 9.59 Å². The number of rotatable bonds is 4. The number of hydrogen-bond acceptors (Lipinski definition) is 6. The van der Waals surface area contributed by atoms with Gasteiger partial charge >= 0.3 is 11.9 Å². The van der Waals surface area contributed by atoms with Crippen LogP contribution in [-0.2, 0) is 19.1 Å². The van der Waals surface area contributed by atoms with Crippen LogP contribution in [-0.4, -0.2) is 36.4 Å². The molecule has 3 saturated heterocycles. The number of fused-ring (bicyclic) bond motifs is 1. The van der Waals surface area contributed by atoms with Gasteiger partial charge in [-0.05, 0) is 31.4 Å². The predicted octanol–water partition coefficient (Wildman–Crippen LogP) is 2.70. The molecular formula is C17H17Cl2NO5. The normalized spacial score (nSPS) is 33.4. The van der Waals surface area contributed by atoms with Gasteiger partial charge in [-0.2, -0.15) is 0 Å². The summed E-state index contributed by atoms with van der Waals surface area (Å²) < 4.78 is 16.6. The summed E-state index contributed by atoms with van der Waals surface area (Å²) in [6.07, 6.45) is 2.60. The summed E-state index contributed by atoms with van der Waals surface area (Å²) in [7, 11) is 0. The molecule has 8 heteroatoms. The maximum absolute atomic E-state index is 11.6. The molecule has 0 aliphatic carbocycles. The third-order valence-electron chi connectivity index (χ3n) is 5.11. The zero-order chi connectivity index (χ0) is 17.6. The second-order valence-electron chi connectivity index (χ2n) is 6.69. The zero-order valence-electron chi connectivity index (χ0n) is 13.3. The van der Waals surface area contributed by atoms with E-state index in [0.29, 0.717) is 35.2 Å². The molecular weight excluding hydrogens is 369 g/mol. The van der Waals surface area contributed by atoms with E-state index < -0.39 is 23.8 Å².